The molecule has 2 rings (SSSR count). The summed E-state index contributed by atoms with van der Waals surface area (Å²) in [5.41, 5.74) is 5.06. The van der Waals surface area contributed by atoms with Crippen LogP contribution in [0.4, 0.5) is 13.2 Å². The highest BCUT2D eigenvalue weighted by atomic mass is 19.4. The summed E-state index contributed by atoms with van der Waals surface area (Å²) >= 11 is 0. The number of halogens is 3. The summed E-state index contributed by atoms with van der Waals surface area (Å²) in [5, 5.41) is 3.59. The predicted molar refractivity (Wildman–Crippen MR) is 60.2 cm³/mol. The maximum absolute atomic E-state index is 12.4. The van der Waals surface area contributed by atoms with Crippen LogP contribution in [0.3, 0.4) is 0 Å². The largest absolute Gasteiger partial charge is 0.416 e. The smallest absolute Gasteiger partial charge is 0.365 e. The molecule has 0 saturated heterocycles. The zero-order valence-corrected chi connectivity index (χ0v) is 9.78. The normalized spacial score (nSPS) is 11.6. The Morgan fingerprint density at radius 2 is 1.84 bits per heavy atom. The monoisotopic (exact) mass is 270 g/mol. The number of aryl methyl sites for hydroxylation is 1. The summed E-state index contributed by atoms with van der Waals surface area (Å²) in [6.07, 6.45) is -4.41. The third-order valence-electron chi connectivity index (χ3n) is 2.58. The number of hydrogen-bond acceptors (Lipinski definition) is 3. The number of hydrogen-bond donors (Lipinski definition) is 1. The van der Waals surface area contributed by atoms with E-state index in [0.29, 0.717) is 11.3 Å². The topological polar surface area (TPSA) is 69.1 Å². The fourth-order valence-electron chi connectivity index (χ4n) is 1.67. The Morgan fingerprint density at radius 1 is 1.26 bits per heavy atom. The summed E-state index contributed by atoms with van der Waals surface area (Å²) in [6.45, 7) is 1.52. The first-order valence-corrected chi connectivity index (χ1v) is 5.24. The van der Waals surface area contributed by atoms with Crippen LogP contribution in [0.15, 0.2) is 28.8 Å². The van der Waals surface area contributed by atoms with E-state index in [9.17, 15) is 18.0 Å². The molecule has 100 valence electrons. The van der Waals surface area contributed by atoms with E-state index in [1.165, 1.54) is 19.1 Å². The zero-order valence-electron chi connectivity index (χ0n) is 9.78. The van der Waals surface area contributed by atoms with E-state index in [0.717, 1.165) is 12.1 Å². The van der Waals surface area contributed by atoms with Crippen LogP contribution >= 0.6 is 0 Å². The molecule has 0 fully saturated rings. The van der Waals surface area contributed by atoms with Gasteiger partial charge in [-0.3, -0.25) is 4.79 Å². The van der Waals surface area contributed by atoms with Gasteiger partial charge in [-0.1, -0.05) is 17.3 Å². The Kier molecular flexibility index (Phi) is 3.05. The van der Waals surface area contributed by atoms with Crippen molar-refractivity contribution < 1.29 is 22.5 Å². The van der Waals surface area contributed by atoms with E-state index < -0.39 is 17.6 Å². The van der Waals surface area contributed by atoms with Crippen molar-refractivity contribution in [2.45, 2.75) is 13.1 Å². The van der Waals surface area contributed by atoms with Gasteiger partial charge in [-0.25, -0.2) is 0 Å². The first kappa shape index (κ1) is 13.1. The number of amides is 1. The van der Waals surface area contributed by atoms with Gasteiger partial charge in [0.15, 0.2) is 5.76 Å². The lowest BCUT2D eigenvalue weighted by Crippen LogP contribution is -2.12. The van der Waals surface area contributed by atoms with E-state index in [1.54, 1.807) is 0 Å². The Bertz CT molecular complexity index is 615. The van der Waals surface area contributed by atoms with Gasteiger partial charge in [0.2, 0.25) is 0 Å². The Labute approximate surface area is 106 Å². The van der Waals surface area contributed by atoms with Crippen molar-refractivity contribution in [1.29, 1.82) is 0 Å². The SMILES string of the molecule is Cc1noc(-c2ccc(C(F)(F)F)cc2)c1C(N)=O. The Morgan fingerprint density at radius 3 is 2.32 bits per heavy atom. The molecule has 0 saturated carbocycles. The highest BCUT2D eigenvalue weighted by molar-refractivity contribution is 5.99. The molecule has 2 aromatic rings. The van der Waals surface area contributed by atoms with Crippen molar-refractivity contribution in [3.8, 4) is 11.3 Å². The quantitative estimate of drug-likeness (QED) is 0.912. The molecule has 7 heteroatoms. The third-order valence-corrected chi connectivity index (χ3v) is 2.58. The Balaban J connectivity index is 2.46. The molecule has 0 spiro atoms. The van der Waals surface area contributed by atoms with Gasteiger partial charge in [-0.2, -0.15) is 13.2 Å². The summed E-state index contributed by atoms with van der Waals surface area (Å²) in [6, 6.07) is 4.21. The lowest BCUT2D eigenvalue weighted by molar-refractivity contribution is -0.137. The molecular weight excluding hydrogens is 261 g/mol. The molecule has 1 aromatic heterocycles. The minimum atomic E-state index is -4.41. The van der Waals surface area contributed by atoms with E-state index in [1.807, 2.05) is 0 Å². The predicted octanol–water partition coefficient (Wildman–Crippen LogP) is 2.77. The molecule has 0 radical (unpaired) electrons. The van der Waals surface area contributed by atoms with Crippen LogP contribution < -0.4 is 5.73 Å². The standard InChI is InChI=1S/C12H9F3N2O2/c1-6-9(11(16)18)10(19-17-6)7-2-4-8(5-3-7)12(13,14)15/h2-5H,1H3,(H2,16,18). The fourth-order valence-corrected chi connectivity index (χ4v) is 1.67. The molecule has 1 heterocycles. The average Bonchev–Trinajstić information content (AvgIpc) is 2.70. The number of primary amides is 1. The van der Waals surface area contributed by atoms with E-state index >= 15 is 0 Å². The first-order valence-electron chi connectivity index (χ1n) is 5.24. The highest BCUT2D eigenvalue weighted by Gasteiger charge is 2.30. The summed E-state index contributed by atoms with van der Waals surface area (Å²) in [7, 11) is 0. The molecule has 1 aromatic carbocycles. The van der Waals surface area contributed by atoms with Crippen LogP contribution in [0.1, 0.15) is 21.6 Å². The number of alkyl halides is 3. The number of nitrogens with zero attached hydrogens (tertiary/aromatic N) is 1. The van der Waals surface area contributed by atoms with Crippen molar-refractivity contribution in [3.05, 3.63) is 41.1 Å². The number of rotatable bonds is 2. The second kappa shape index (κ2) is 4.42. The van der Waals surface area contributed by atoms with E-state index in [4.69, 9.17) is 10.3 Å². The maximum atomic E-state index is 12.4. The third kappa shape index (κ3) is 2.44. The molecule has 1 amide bonds. The molecule has 19 heavy (non-hydrogen) atoms. The van der Waals surface area contributed by atoms with Crippen LogP contribution in [-0.4, -0.2) is 11.1 Å². The minimum absolute atomic E-state index is 0.0683. The number of carbonyl (C=O) groups excluding carboxylic acids is 1. The molecular formula is C12H9F3N2O2. The lowest BCUT2D eigenvalue weighted by atomic mass is 10.0. The van der Waals surface area contributed by atoms with Crippen LogP contribution in [0, 0.1) is 6.92 Å². The van der Waals surface area contributed by atoms with Crippen molar-refractivity contribution in [2.24, 2.45) is 5.73 Å². The van der Waals surface area contributed by atoms with Crippen LogP contribution in [0.5, 0.6) is 0 Å². The molecule has 0 atom stereocenters. The zero-order chi connectivity index (χ0) is 14.2. The van der Waals surface area contributed by atoms with Crippen molar-refractivity contribution in [2.75, 3.05) is 0 Å². The van der Waals surface area contributed by atoms with Gasteiger partial charge in [-0.15, -0.1) is 0 Å². The van der Waals surface area contributed by atoms with Gasteiger partial charge < -0.3 is 10.3 Å². The number of carbonyl (C=O) groups is 1. The summed E-state index contributed by atoms with van der Waals surface area (Å²) in [5.74, 6) is -0.674. The highest BCUT2D eigenvalue weighted by Crippen LogP contribution is 2.32. The number of nitrogens with two attached hydrogens (primary N) is 1. The van der Waals surface area contributed by atoms with Gasteiger partial charge in [0.1, 0.15) is 5.56 Å². The van der Waals surface area contributed by atoms with E-state index in [2.05, 4.69) is 5.16 Å². The molecule has 0 unspecified atom stereocenters. The fraction of sp³-hybridized carbons (Fsp3) is 0.167. The van der Waals surface area contributed by atoms with Crippen LogP contribution in [0.2, 0.25) is 0 Å². The maximum Gasteiger partial charge on any atom is 0.416 e. The van der Waals surface area contributed by atoms with Crippen LogP contribution in [-0.2, 0) is 6.18 Å². The van der Waals surface area contributed by atoms with Gasteiger partial charge in [0.05, 0.1) is 11.3 Å². The second-order valence-corrected chi connectivity index (χ2v) is 3.91. The van der Waals surface area contributed by atoms with E-state index in [-0.39, 0.29) is 11.3 Å². The molecule has 2 N–H and O–H groups in total. The summed E-state index contributed by atoms with van der Waals surface area (Å²) < 4.78 is 42.2. The number of aromatic nitrogens is 1. The van der Waals surface area contributed by atoms with Crippen LogP contribution in [0.25, 0.3) is 11.3 Å². The minimum Gasteiger partial charge on any atom is -0.365 e. The van der Waals surface area contributed by atoms with Gasteiger partial charge in [0, 0.05) is 5.56 Å². The lowest BCUT2D eigenvalue weighted by Gasteiger charge is -2.06. The van der Waals surface area contributed by atoms with Gasteiger partial charge >= 0.3 is 6.18 Å². The van der Waals surface area contributed by atoms with Crippen molar-refractivity contribution in [3.63, 3.8) is 0 Å². The van der Waals surface area contributed by atoms with Crippen molar-refractivity contribution >= 4 is 5.91 Å². The molecule has 0 aliphatic carbocycles. The number of benzene rings is 1. The van der Waals surface area contributed by atoms with Crippen molar-refractivity contribution in [1.82, 2.24) is 5.16 Å². The average molecular weight is 270 g/mol. The first-order chi connectivity index (χ1) is 8.80. The Hall–Kier alpha value is -2.31. The second-order valence-electron chi connectivity index (χ2n) is 3.91. The molecule has 0 bridgehead atoms. The molecule has 0 aliphatic rings. The van der Waals surface area contributed by atoms with Gasteiger partial charge in [-0.05, 0) is 19.1 Å². The molecule has 0 aliphatic heterocycles. The summed E-state index contributed by atoms with van der Waals surface area (Å²) in [4.78, 5) is 11.2. The van der Waals surface area contributed by atoms with Gasteiger partial charge in [0.25, 0.3) is 5.91 Å². The molecule has 4 nitrogen and oxygen atoms in total.